The van der Waals surface area contributed by atoms with E-state index in [0.29, 0.717) is 25.3 Å². The molecule has 1 saturated heterocycles. The second-order valence-corrected chi connectivity index (χ2v) is 4.36. The molecule has 1 N–H and O–H groups in total. The number of morpholine rings is 1. The summed E-state index contributed by atoms with van der Waals surface area (Å²) in [5.41, 5.74) is 0.508. The molecule has 0 saturated carbocycles. The highest BCUT2D eigenvalue weighted by Gasteiger charge is 2.24. The summed E-state index contributed by atoms with van der Waals surface area (Å²) in [6, 6.07) is 5.80. The highest BCUT2D eigenvalue weighted by Crippen LogP contribution is 2.19. The van der Waals surface area contributed by atoms with Crippen LogP contribution in [0.1, 0.15) is 11.5 Å². The fraction of sp³-hybridized carbons (Fsp3) is 0.462. The van der Waals surface area contributed by atoms with Crippen LogP contribution in [-0.2, 0) is 9.53 Å². The molecule has 1 unspecified atom stereocenters. The predicted molar refractivity (Wildman–Crippen MR) is 64.0 cm³/mol. The fourth-order valence-corrected chi connectivity index (χ4v) is 2.09. The van der Waals surface area contributed by atoms with Crippen molar-refractivity contribution in [3.63, 3.8) is 0 Å². The van der Waals surface area contributed by atoms with Gasteiger partial charge in [0.05, 0.1) is 19.1 Å². The Hall–Kier alpha value is -1.46. The van der Waals surface area contributed by atoms with Crippen molar-refractivity contribution in [1.82, 2.24) is 4.90 Å². The zero-order chi connectivity index (χ0) is 13.0. The molecule has 0 spiro atoms. The summed E-state index contributed by atoms with van der Waals surface area (Å²) in [5.74, 6) is -2.02. The normalized spacial score (nSPS) is 18.5. The molecular weight excluding hydrogens is 237 g/mol. The van der Waals surface area contributed by atoms with Gasteiger partial charge in [-0.15, -0.1) is 0 Å². The van der Waals surface area contributed by atoms with Gasteiger partial charge < -0.3 is 9.84 Å². The van der Waals surface area contributed by atoms with E-state index in [1.165, 1.54) is 12.1 Å². The zero-order valence-electron chi connectivity index (χ0n) is 10.0. The lowest BCUT2D eigenvalue weighted by molar-refractivity contribution is -0.139. The van der Waals surface area contributed by atoms with Crippen LogP contribution in [0, 0.1) is 5.82 Å². The average molecular weight is 253 g/mol. The molecule has 1 aromatic carbocycles. The Kier molecular flexibility index (Phi) is 4.28. The first-order valence-electron chi connectivity index (χ1n) is 5.95. The SMILES string of the molecule is O=C(O)C(CN1CCOCC1)c1cccc(F)c1. The van der Waals surface area contributed by atoms with E-state index in [4.69, 9.17) is 4.74 Å². The van der Waals surface area contributed by atoms with E-state index in [-0.39, 0.29) is 0 Å². The molecule has 0 radical (unpaired) electrons. The van der Waals surface area contributed by atoms with Gasteiger partial charge in [-0.3, -0.25) is 9.69 Å². The first-order chi connectivity index (χ1) is 8.66. The number of aliphatic carboxylic acids is 1. The first-order valence-corrected chi connectivity index (χ1v) is 5.95. The number of halogens is 1. The van der Waals surface area contributed by atoms with Gasteiger partial charge in [0.15, 0.2) is 0 Å². The van der Waals surface area contributed by atoms with Crippen LogP contribution in [0.25, 0.3) is 0 Å². The van der Waals surface area contributed by atoms with E-state index in [9.17, 15) is 14.3 Å². The lowest BCUT2D eigenvalue weighted by Gasteiger charge is -2.29. The van der Waals surface area contributed by atoms with Crippen LogP contribution in [-0.4, -0.2) is 48.8 Å². The molecule has 1 aromatic rings. The largest absolute Gasteiger partial charge is 0.481 e. The van der Waals surface area contributed by atoms with E-state index in [1.807, 2.05) is 4.90 Å². The van der Waals surface area contributed by atoms with E-state index in [2.05, 4.69) is 0 Å². The quantitative estimate of drug-likeness (QED) is 0.879. The summed E-state index contributed by atoms with van der Waals surface area (Å²) in [4.78, 5) is 13.3. The Labute approximate surface area is 105 Å². The van der Waals surface area contributed by atoms with Gasteiger partial charge in [0.2, 0.25) is 0 Å². The first kappa shape index (κ1) is 13.0. The van der Waals surface area contributed by atoms with Crippen LogP contribution in [0.4, 0.5) is 4.39 Å². The molecule has 0 aliphatic carbocycles. The van der Waals surface area contributed by atoms with Crippen molar-refractivity contribution in [2.45, 2.75) is 5.92 Å². The highest BCUT2D eigenvalue weighted by atomic mass is 19.1. The maximum atomic E-state index is 13.1. The van der Waals surface area contributed by atoms with Gasteiger partial charge in [0.1, 0.15) is 5.82 Å². The van der Waals surface area contributed by atoms with E-state index in [0.717, 1.165) is 13.1 Å². The highest BCUT2D eigenvalue weighted by molar-refractivity contribution is 5.76. The van der Waals surface area contributed by atoms with E-state index >= 15 is 0 Å². The van der Waals surface area contributed by atoms with Crippen LogP contribution in [0.15, 0.2) is 24.3 Å². The minimum Gasteiger partial charge on any atom is -0.481 e. The Morgan fingerprint density at radius 2 is 2.17 bits per heavy atom. The molecule has 2 rings (SSSR count). The summed E-state index contributed by atoms with van der Waals surface area (Å²) in [6.07, 6.45) is 0. The number of nitrogens with zero attached hydrogens (tertiary/aromatic N) is 1. The summed E-state index contributed by atoms with van der Waals surface area (Å²) in [6.45, 7) is 3.07. The molecule has 5 heteroatoms. The number of carboxylic acids is 1. The lowest BCUT2D eigenvalue weighted by atomic mass is 9.98. The van der Waals surface area contributed by atoms with Crippen LogP contribution < -0.4 is 0 Å². The molecular formula is C13H16FNO3. The predicted octanol–water partition coefficient (Wildman–Crippen LogP) is 1.33. The molecule has 98 valence electrons. The number of carboxylic acid groups (broad SMARTS) is 1. The number of benzene rings is 1. The van der Waals surface area contributed by atoms with Gasteiger partial charge in [0, 0.05) is 19.6 Å². The van der Waals surface area contributed by atoms with Crippen molar-refractivity contribution >= 4 is 5.97 Å². The topological polar surface area (TPSA) is 49.8 Å². The van der Waals surface area contributed by atoms with Gasteiger partial charge in [-0.1, -0.05) is 12.1 Å². The number of rotatable bonds is 4. The third kappa shape index (κ3) is 3.27. The van der Waals surface area contributed by atoms with Crippen molar-refractivity contribution in [2.24, 2.45) is 0 Å². The van der Waals surface area contributed by atoms with Crippen LogP contribution in [0.3, 0.4) is 0 Å². The monoisotopic (exact) mass is 253 g/mol. The maximum absolute atomic E-state index is 13.1. The van der Waals surface area contributed by atoms with Crippen LogP contribution in [0.5, 0.6) is 0 Å². The molecule has 0 bridgehead atoms. The Morgan fingerprint density at radius 3 is 2.78 bits per heavy atom. The summed E-state index contributed by atoms with van der Waals surface area (Å²) in [7, 11) is 0. The number of hydrogen-bond acceptors (Lipinski definition) is 3. The van der Waals surface area contributed by atoms with E-state index in [1.54, 1.807) is 12.1 Å². The van der Waals surface area contributed by atoms with Crippen molar-refractivity contribution in [1.29, 1.82) is 0 Å². The standard InChI is InChI=1S/C13H16FNO3/c14-11-3-1-2-10(8-11)12(13(16)17)9-15-4-6-18-7-5-15/h1-3,8,12H,4-7,9H2,(H,16,17). The fourth-order valence-electron chi connectivity index (χ4n) is 2.09. The van der Waals surface area contributed by atoms with Crippen molar-refractivity contribution in [3.05, 3.63) is 35.6 Å². The molecule has 1 atom stereocenters. The van der Waals surface area contributed by atoms with Gasteiger partial charge in [0.25, 0.3) is 0 Å². The van der Waals surface area contributed by atoms with Gasteiger partial charge in [-0.05, 0) is 17.7 Å². The zero-order valence-corrected chi connectivity index (χ0v) is 10.0. The Balaban J connectivity index is 2.10. The third-order valence-electron chi connectivity index (χ3n) is 3.09. The number of hydrogen-bond donors (Lipinski definition) is 1. The smallest absolute Gasteiger partial charge is 0.312 e. The Bertz CT molecular complexity index is 418. The second kappa shape index (κ2) is 5.93. The maximum Gasteiger partial charge on any atom is 0.312 e. The van der Waals surface area contributed by atoms with Gasteiger partial charge in [-0.2, -0.15) is 0 Å². The van der Waals surface area contributed by atoms with Crippen molar-refractivity contribution in [3.8, 4) is 0 Å². The number of ether oxygens (including phenoxy) is 1. The molecule has 1 heterocycles. The summed E-state index contributed by atoms with van der Waals surface area (Å²) < 4.78 is 18.4. The number of carbonyl (C=O) groups is 1. The molecule has 18 heavy (non-hydrogen) atoms. The summed E-state index contributed by atoms with van der Waals surface area (Å²) >= 11 is 0. The van der Waals surface area contributed by atoms with Crippen LogP contribution in [0.2, 0.25) is 0 Å². The van der Waals surface area contributed by atoms with Gasteiger partial charge >= 0.3 is 5.97 Å². The lowest BCUT2D eigenvalue weighted by Crippen LogP contribution is -2.40. The molecule has 0 amide bonds. The molecule has 1 aliphatic rings. The molecule has 4 nitrogen and oxygen atoms in total. The van der Waals surface area contributed by atoms with Crippen molar-refractivity contribution in [2.75, 3.05) is 32.8 Å². The minimum absolute atomic E-state index is 0.391. The Morgan fingerprint density at radius 1 is 1.44 bits per heavy atom. The average Bonchev–Trinajstić information content (AvgIpc) is 2.37. The molecule has 1 fully saturated rings. The van der Waals surface area contributed by atoms with Crippen LogP contribution >= 0.6 is 0 Å². The van der Waals surface area contributed by atoms with Gasteiger partial charge in [-0.25, -0.2) is 4.39 Å². The minimum atomic E-state index is -0.924. The molecule has 0 aromatic heterocycles. The molecule has 1 aliphatic heterocycles. The van der Waals surface area contributed by atoms with Crippen molar-refractivity contribution < 1.29 is 19.0 Å². The summed E-state index contributed by atoms with van der Waals surface area (Å²) in [5, 5.41) is 9.27. The second-order valence-electron chi connectivity index (χ2n) is 4.36. The van der Waals surface area contributed by atoms with E-state index < -0.39 is 17.7 Å². The third-order valence-corrected chi connectivity index (χ3v) is 3.09.